The number of rotatable bonds is 5. The minimum atomic E-state index is -0.960. The first kappa shape index (κ1) is 12.4. The zero-order valence-electron chi connectivity index (χ0n) is 9.71. The number of benzene rings is 1. The van der Waals surface area contributed by atoms with Crippen LogP contribution in [-0.2, 0) is 6.54 Å². The van der Waals surface area contributed by atoms with Crippen LogP contribution in [0.3, 0.4) is 0 Å². The van der Waals surface area contributed by atoms with Gasteiger partial charge in [0.15, 0.2) is 5.13 Å². The molecule has 2 N–H and O–H groups in total. The van der Waals surface area contributed by atoms with Gasteiger partial charge in [0, 0.05) is 12.1 Å². The topological polar surface area (TPSA) is 71.5 Å². The first-order chi connectivity index (χ1) is 8.70. The number of carboxylic acid groups (broad SMARTS) is 1. The predicted octanol–water partition coefficient (Wildman–Crippen LogP) is 2.46. The highest BCUT2D eigenvalue weighted by atomic mass is 32.1. The Labute approximate surface area is 108 Å². The normalized spacial score (nSPS) is 10.1. The highest BCUT2D eigenvalue weighted by Crippen LogP contribution is 2.21. The lowest BCUT2D eigenvalue weighted by Gasteiger charge is -2.08. The molecule has 0 aliphatic rings. The molecule has 2 aromatic rings. The van der Waals surface area contributed by atoms with Gasteiger partial charge in [-0.1, -0.05) is 29.5 Å². The summed E-state index contributed by atoms with van der Waals surface area (Å²) in [7, 11) is 1.62. The van der Waals surface area contributed by atoms with Crippen molar-refractivity contribution in [2.75, 3.05) is 12.4 Å². The van der Waals surface area contributed by atoms with Gasteiger partial charge >= 0.3 is 5.97 Å². The number of carboxylic acids is 1. The molecule has 0 radical (unpaired) electrons. The lowest BCUT2D eigenvalue weighted by atomic mass is 10.2. The Morgan fingerprint density at radius 1 is 1.50 bits per heavy atom. The molecule has 0 aliphatic carbocycles. The Balaban J connectivity index is 2.04. The molecule has 0 saturated heterocycles. The number of nitrogens with one attached hydrogen (secondary N) is 1. The van der Waals surface area contributed by atoms with E-state index >= 15 is 0 Å². The summed E-state index contributed by atoms with van der Waals surface area (Å²) < 4.78 is 5.23. The number of para-hydroxylation sites is 1. The Morgan fingerprint density at radius 2 is 2.28 bits per heavy atom. The van der Waals surface area contributed by atoms with Crippen molar-refractivity contribution in [3.05, 3.63) is 40.9 Å². The van der Waals surface area contributed by atoms with Gasteiger partial charge in [0.25, 0.3) is 0 Å². The van der Waals surface area contributed by atoms with E-state index < -0.39 is 5.97 Å². The molecule has 1 aromatic carbocycles. The summed E-state index contributed by atoms with van der Waals surface area (Å²) in [6.45, 7) is 0.538. The van der Waals surface area contributed by atoms with Gasteiger partial charge in [-0.05, 0) is 6.07 Å². The standard InChI is InChI=1S/C12H12N2O3S/c1-17-9-5-3-2-4-8(9)6-13-12-14-7-10(18-12)11(15)16/h2-5,7H,6H2,1H3,(H,13,14)(H,15,16). The van der Waals surface area contributed by atoms with E-state index in [0.29, 0.717) is 11.7 Å². The average molecular weight is 264 g/mol. The van der Waals surface area contributed by atoms with Gasteiger partial charge in [-0.15, -0.1) is 0 Å². The SMILES string of the molecule is COc1ccccc1CNc1ncc(C(=O)O)s1. The van der Waals surface area contributed by atoms with E-state index in [4.69, 9.17) is 9.84 Å². The van der Waals surface area contributed by atoms with Crippen LogP contribution in [-0.4, -0.2) is 23.2 Å². The second-order valence-corrected chi connectivity index (χ2v) is 4.53. The van der Waals surface area contributed by atoms with E-state index in [0.717, 1.165) is 22.6 Å². The molecule has 0 aliphatic heterocycles. The van der Waals surface area contributed by atoms with Gasteiger partial charge in [0.1, 0.15) is 10.6 Å². The van der Waals surface area contributed by atoms with Crippen molar-refractivity contribution in [1.82, 2.24) is 4.98 Å². The molecular weight excluding hydrogens is 252 g/mol. The Hall–Kier alpha value is -2.08. The molecule has 0 unspecified atom stereocenters. The molecule has 6 heteroatoms. The predicted molar refractivity (Wildman–Crippen MR) is 69.4 cm³/mol. The van der Waals surface area contributed by atoms with E-state index in [1.165, 1.54) is 6.20 Å². The molecule has 0 spiro atoms. The summed E-state index contributed by atoms with van der Waals surface area (Å²) in [6, 6.07) is 7.64. The van der Waals surface area contributed by atoms with Gasteiger partial charge in [0.05, 0.1) is 13.3 Å². The molecule has 2 rings (SSSR count). The molecule has 0 bridgehead atoms. The number of carbonyl (C=O) groups is 1. The van der Waals surface area contributed by atoms with Gasteiger partial charge in [-0.3, -0.25) is 0 Å². The Bertz CT molecular complexity index is 554. The lowest BCUT2D eigenvalue weighted by molar-refractivity contribution is 0.0702. The summed E-state index contributed by atoms with van der Waals surface area (Å²) in [6.07, 6.45) is 1.34. The van der Waals surface area contributed by atoms with Crippen LogP contribution in [0.4, 0.5) is 5.13 Å². The average Bonchev–Trinajstić information content (AvgIpc) is 2.85. The first-order valence-corrected chi connectivity index (χ1v) is 6.07. The van der Waals surface area contributed by atoms with Crippen LogP contribution in [0.1, 0.15) is 15.2 Å². The third-order valence-electron chi connectivity index (χ3n) is 2.34. The van der Waals surface area contributed by atoms with Crippen molar-refractivity contribution in [3.8, 4) is 5.75 Å². The van der Waals surface area contributed by atoms with Crippen LogP contribution in [0, 0.1) is 0 Å². The summed E-state index contributed by atoms with van der Waals surface area (Å²) in [5.74, 6) is -0.169. The molecule has 1 heterocycles. The maximum atomic E-state index is 10.7. The van der Waals surface area contributed by atoms with Crippen LogP contribution in [0.2, 0.25) is 0 Å². The fraction of sp³-hybridized carbons (Fsp3) is 0.167. The lowest BCUT2D eigenvalue weighted by Crippen LogP contribution is -2.00. The van der Waals surface area contributed by atoms with Gasteiger partial charge < -0.3 is 15.2 Å². The van der Waals surface area contributed by atoms with Crippen molar-refractivity contribution in [2.45, 2.75) is 6.54 Å². The Kier molecular flexibility index (Phi) is 3.78. The summed E-state index contributed by atoms with van der Waals surface area (Å²) in [5, 5.41) is 12.4. The van der Waals surface area contributed by atoms with Crippen molar-refractivity contribution >= 4 is 22.4 Å². The third-order valence-corrected chi connectivity index (χ3v) is 3.28. The van der Waals surface area contributed by atoms with E-state index in [9.17, 15) is 4.79 Å². The minimum Gasteiger partial charge on any atom is -0.496 e. The van der Waals surface area contributed by atoms with E-state index in [1.807, 2.05) is 24.3 Å². The minimum absolute atomic E-state index is 0.220. The zero-order chi connectivity index (χ0) is 13.0. The highest BCUT2D eigenvalue weighted by molar-refractivity contribution is 7.17. The molecule has 94 valence electrons. The Morgan fingerprint density at radius 3 is 2.94 bits per heavy atom. The number of aromatic carboxylic acids is 1. The molecule has 0 fully saturated rings. The van der Waals surface area contributed by atoms with Crippen LogP contribution in [0.15, 0.2) is 30.5 Å². The number of hydrogen-bond acceptors (Lipinski definition) is 5. The number of nitrogens with zero attached hydrogens (tertiary/aromatic N) is 1. The number of aromatic nitrogens is 1. The summed E-state index contributed by atoms with van der Waals surface area (Å²) in [4.78, 5) is 14.9. The molecule has 1 aromatic heterocycles. The fourth-order valence-corrected chi connectivity index (χ4v) is 2.13. The highest BCUT2D eigenvalue weighted by Gasteiger charge is 2.08. The molecule has 5 nitrogen and oxygen atoms in total. The maximum Gasteiger partial charge on any atom is 0.347 e. The number of hydrogen-bond donors (Lipinski definition) is 2. The zero-order valence-corrected chi connectivity index (χ0v) is 10.5. The van der Waals surface area contributed by atoms with Gasteiger partial charge in [-0.2, -0.15) is 0 Å². The van der Waals surface area contributed by atoms with Crippen LogP contribution in [0.5, 0.6) is 5.75 Å². The number of thiazole rings is 1. The second kappa shape index (κ2) is 5.50. The number of ether oxygens (including phenoxy) is 1. The van der Waals surface area contributed by atoms with E-state index in [-0.39, 0.29) is 4.88 Å². The summed E-state index contributed by atoms with van der Waals surface area (Å²) in [5.41, 5.74) is 0.993. The smallest absolute Gasteiger partial charge is 0.347 e. The second-order valence-electron chi connectivity index (χ2n) is 3.50. The van der Waals surface area contributed by atoms with Gasteiger partial charge in [-0.25, -0.2) is 9.78 Å². The van der Waals surface area contributed by atoms with Crippen LogP contribution < -0.4 is 10.1 Å². The molecular formula is C12H12N2O3S. The van der Waals surface area contributed by atoms with Crippen molar-refractivity contribution in [2.24, 2.45) is 0 Å². The van der Waals surface area contributed by atoms with Crippen molar-refractivity contribution in [1.29, 1.82) is 0 Å². The van der Waals surface area contributed by atoms with Crippen molar-refractivity contribution in [3.63, 3.8) is 0 Å². The molecule has 18 heavy (non-hydrogen) atoms. The molecule has 0 saturated carbocycles. The summed E-state index contributed by atoms with van der Waals surface area (Å²) >= 11 is 1.11. The van der Waals surface area contributed by atoms with Gasteiger partial charge in [0.2, 0.25) is 0 Å². The first-order valence-electron chi connectivity index (χ1n) is 5.25. The molecule has 0 atom stereocenters. The maximum absolute atomic E-state index is 10.7. The number of anilines is 1. The molecule has 0 amide bonds. The van der Waals surface area contributed by atoms with E-state index in [2.05, 4.69) is 10.3 Å². The monoisotopic (exact) mass is 264 g/mol. The quantitative estimate of drug-likeness (QED) is 0.868. The van der Waals surface area contributed by atoms with Crippen LogP contribution >= 0.6 is 11.3 Å². The largest absolute Gasteiger partial charge is 0.496 e. The van der Waals surface area contributed by atoms with E-state index in [1.54, 1.807) is 7.11 Å². The number of methoxy groups -OCH3 is 1. The third kappa shape index (κ3) is 2.78. The van der Waals surface area contributed by atoms with Crippen LogP contribution in [0.25, 0.3) is 0 Å². The van der Waals surface area contributed by atoms with Crippen molar-refractivity contribution < 1.29 is 14.6 Å². The fourth-order valence-electron chi connectivity index (χ4n) is 1.47.